The number of halogens is 3. The van der Waals surface area contributed by atoms with Gasteiger partial charge < -0.3 is 60.3 Å². The normalized spacial score (nSPS) is 12.9. The number of aliphatic carboxylic acids is 1. The molecule has 0 spiro atoms. The van der Waals surface area contributed by atoms with E-state index in [1.54, 1.807) is 12.3 Å². The van der Waals surface area contributed by atoms with Crippen LogP contribution in [-0.2, 0) is 49.5 Å². The van der Waals surface area contributed by atoms with Crippen LogP contribution < -0.4 is 21.7 Å². The van der Waals surface area contributed by atoms with E-state index in [4.69, 9.17) is 29.8 Å². The highest BCUT2D eigenvalue weighted by Gasteiger charge is 2.38. The molecule has 0 aliphatic rings. The molecule has 0 fully saturated rings. The van der Waals surface area contributed by atoms with Crippen LogP contribution >= 0.6 is 15.9 Å². The van der Waals surface area contributed by atoms with E-state index >= 15 is 4.39 Å². The van der Waals surface area contributed by atoms with Crippen molar-refractivity contribution in [3.63, 3.8) is 0 Å². The van der Waals surface area contributed by atoms with Crippen molar-refractivity contribution in [1.29, 1.82) is 0 Å². The number of aliphatic hydroxyl groups excluding tert-OH is 1. The maximum absolute atomic E-state index is 15.1. The quantitative estimate of drug-likeness (QED) is 0.0419. The summed E-state index contributed by atoms with van der Waals surface area (Å²) in [6.07, 6.45) is 1.51. The van der Waals surface area contributed by atoms with Crippen LogP contribution in [0.3, 0.4) is 0 Å². The van der Waals surface area contributed by atoms with Crippen molar-refractivity contribution in [3.8, 4) is 11.1 Å². The van der Waals surface area contributed by atoms with Crippen molar-refractivity contribution < 1.29 is 61.9 Å². The molecule has 7 N–H and O–H groups in total. The van der Waals surface area contributed by atoms with E-state index in [0.717, 1.165) is 23.8 Å². The number of hydrogen-bond acceptors (Lipinski definition) is 11. The fourth-order valence-electron chi connectivity index (χ4n) is 6.55. The highest BCUT2D eigenvalue weighted by molar-refractivity contribution is 9.09. The number of carbonyl (C=O) groups is 5. The smallest absolute Gasteiger partial charge is 0.305 e. The van der Waals surface area contributed by atoms with Crippen molar-refractivity contribution >= 4 is 45.5 Å². The van der Waals surface area contributed by atoms with Gasteiger partial charge >= 0.3 is 5.97 Å². The predicted octanol–water partition coefficient (Wildman–Crippen LogP) is 2.76. The SMILES string of the molecule is CC(C)(C)[C@H](c1cc(-c2cc(F)ccc2F)cn1Cc1ccccc1)N(CC[C@H](N)C(=O)N[C@H](CNC(=O)CBr)C(=O)NCCOCCOCCOCCOCCC(=O)O)C(=O)CO. The molecule has 0 radical (unpaired) electrons. The predicted molar refractivity (Wildman–Crippen MR) is 236 cm³/mol. The molecule has 1 heterocycles. The molecule has 1 aromatic heterocycles. The van der Waals surface area contributed by atoms with Crippen LogP contribution in [0.4, 0.5) is 8.78 Å². The summed E-state index contributed by atoms with van der Waals surface area (Å²) in [4.78, 5) is 64.3. The number of rotatable bonds is 30. The molecule has 2 aromatic carbocycles. The van der Waals surface area contributed by atoms with Crippen LogP contribution in [0.5, 0.6) is 0 Å². The Morgan fingerprint density at radius 2 is 1.48 bits per heavy atom. The van der Waals surface area contributed by atoms with E-state index < -0.39 is 71.4 Å². The fraction of sp³-hybridized carbons (Fsp3) is 0.523. The monoisotopic (exact) mass is 966 g/mol. The Kier molecular flexibility index (Phi) is 23.5. The molecule has 0 saturated heterocycles. The van der Waals surface area contributed by atoms with Gasteiger partial charge in [0.1, 0.15) is 24.3 Å². The minimum atomic E-state index is -1.25. The zero-order chi connectivity index (χ0) is 47.1. The van der Waals surface area contributed by atoms with Gasteiger partial charge in [0.15, 0.2) is 0 Å². The third kappa shape index (κ3) is 18.7. The Hall–Kier alpha value is -4.83. The molecule has 0 saturated carbocycles. The van der Waals surface area contributed by atoms with Crippen LogP contribution in [0.2, 0.25) is 0 Å². The summed E-state index contributed by atoms with van der Waals surface area (Å²) < 4.78 is 52.8. The summed E-state index contributed by atoms with van der Waals surface area (Å²) in [5, 5.41) is 26.6. The lowest BCUT2D eigenvalue weighted by Gasteiger charge is -2.41. The number of aliphatic hydroxyl groups is 1. The van der Waals surface area contributed by atoms with Crippen molar-refractivity contribution in [1.82, 2.24) is 25.4 Å². The van der Waals surface area contributed by atoms with Gasteiger partial charge in [-0.1, -0.05) is 67.0 Å². The Labute approximate surface area is 380 Å². The summed E-state index contributed by atoms with van der Waals surface area (Å²) >= 11 is 3.06. The van der Waals surface area contributed by atoms with Gasteiger partial charge in [0.05, 0.1) is 76.7 Å². The molecule has 0 bridgehead atoms. The topological polar surface area (TPSA) is 233 Å². The average Bonchev–Trinajstić information content (AvgIpc) is 3.66. The van der Waals surface area contributed by atoms with Gasteiger partial charge in [-0.15, -0.1) is 0 Å². The summed E-state index contributed by atoms with van der Waals surface area (Å²) in [5.74, 6) is -4.64. The lowest BCUT2D eigenvalue weighted by molar-refractivity contribution is -0.140. The number of alkyl halides is 1. The summed E-state index contributed by atoms with van der Waals surface area (Å²) in [6.45, 7) is 6.70. The van der Waals surface area contributed by atoms with Gasteiger partial charge in [-0.05, 0) is 41.7 Å². The van der Waals surface area contributed by atoms with Crippen LogP contribution in [-0.4, -0.2) is 146 Å². The molecule has 3 aromatic rings. The Balaban J connectivity index is 1.65. The summed E-state index contributed by atoms with van der Waals surface area (Å²) in [7, 11) is 0. The van der Waals surface area contributed by atoms with Gasteiger partial charge in [0.25, 0.3) is 0 Å². The third-order valence-corrected chi connectivity index (χ3v) is 10.1. The van der Waals surface area contributed by atoms with Crippen molar-refractivity contribution in [3.05, 3.63) is 83.7 Å². The first-order valence-corrected chi connectivity index (χ1v) is 22.0. The van der Waals surface area contributed by atoms with Gasteiger partial charge in [0, 0.05) is 49.2 Å². The molecule has 3 atom stereocenters. The van der Waals surface area contributed by atoms with Crippen molar-refractivity contribution in [2.45, 2.75) is 58.3 Å². The van der Waals surface area contributed by atoms with Gasteiger partial charge in [-0.25, -0.2) is 8.78 Å². The zero-order valence-corrected chi connectivity index (χ0v) is 38.1. The first-order valence-electron chi connectivity index (χ1n) is 20.8. The Morgan fingerprint density at radius 1 is 0.859 bits per heavy atom. The highest BCUT2D eigenvalue weighted by atomic mass is 79.9. The van der Waals surface area contributed by atoms with E-state index in [0.29, 0.717) is 37.6 Å². The van der Waals surface area contributed by atoms with E-state index in [1.807, 2.05) is 55.7 Å². The largest absolute Gasteiger partial charge is 0.481 e. The van der Waals surface area contributed by atoms with E-state index in [2.05, 4.69) is 31.9 Å². The first-order chi connectivity index (χ1) is 30.5. The fourth-order valence-corrected chi connectivity index (χ4v) is 6.75. The number of nitrogens with zero attached hydrogens (tertiary/aromatic N) is 2. The summed E-state index contributed by atoms with van der Waals surface area (Å²) in [5.41, 5.74) is 7.53. The molecule has 17 nitrogen and oxygen atoms in total. The van der Waals surface area contributed by atoms with E-state index in [9.17, 15) is 33.5 Å². The molecule has 20 heteroatoms. The molecule has 0 unspecified atom stereocenters. The number of carboxylic acid groups (broad SMARTS) is 1. The number of amides is 4. The third-order valence-electron chi connectivity index (χ3n) is 9.63. The minimum absolute atomic E-state index is 0.0263. The molecule has 64 heavy (non-hydrogen) atoms. The number of carbonyl (C=O) groups excluding carboxylic acids is 4. The molecule has 354 valence electrons. The molecule has 0 aliphatic heterocycles. The number of benzene rings is 2. The van der Waals surface area contributed by atoms with Crippen LogP contribution in [0.1, 0.15) is 50.9 Å². The van der Waals surface area contributed by atoms with Crippen molar-refractivity contribution in [2.75, 3.05) is 84.4 Å². The molecule has 3 rings (SSSR count). The van der Waals surface area contributed by atoms with Crippen LogP contribution in [0.15, 0.2) is 60.8 Å². The molecule has 0 aliphatic carbocycles. The molecule has 4 amide bonds. The standard InChI is InChI=1S/C44H61BrF2N6O11/c1-44(2,3)41(37-23-31(33-24-32(46)9-10-34(33)47)28-52(37)27-30-7-5-4-6-8-30)53(39(56)29-54)14-11-35(48)42(59)51-36(26-50-38(55)25-45)43(60)49-13-16-62-18-20-64-22-21-63-19-17-61-15-12-40(57)58/h4-10,23-24,28,35-36,41,54H,11-22,25-27,29,48H2,1-3H3,(H,49,60)(H,50,55)(H,51,59)(H,57,58)/t35-,36+,41-/m0/s1. The number of nitrogens with one attached hydrogen (secondary N) is 3. The lowest BCUT2D eigenvalue weighted by atomic mass is 9.82. The maximum Gasteiger partial charge on any atom is 0.305 e. The zero-order valence-electron chi connectivity index (χ0n) is 36.5. The Morgan fingerprint density at radius 3 is 2.08 bits per heavy atom. The second-order valence-corrected chi connectivity index (χ2v) is 16.2. The Bertz CT molecular complexity index is 1930. The summed E-state index contributed by atoms with van der Waals surface area (Å²) in [6, 6.07) is 11.0. The number of carboxylic acids is 1. The van der Waals surface area contributed by atoms with E-state index in [-0.39, 0.29) is 76.4 Å². The van der Waals surface area contributed by atoms with Gasteiger partial charge in [-0.2, -0.15) is 0 Å². The molecular weight excluding hydrogens is 906 g/mol. The minimum Gasteiger partial charge on any atom is -0.481 e. The van der Waals surface area contributed by atoms with Crippen molar-refractivity contribution in [2.24, 2.45) is 11.1 Å². The first kappa shape index (κ1) is 53.5. The van der Waals surface area contributed by atoms with Crippen LogP contribution in [0.25, 0.3) is 11.1 Å². The maximum atomic E-state index is 15.1. The number of hydrogen-bond donors (Lipinski definition) is 6. The lowest BCUT2D eigenvalue weighted by Crippen LogP contribution is -2.56. The van der Waals surface area contributed by atoms with Gasteiger partial charge in [-0.3, -0.25) is 24.0 Å². The van der Waals surface area contributed by atoms with E-state index in [1.165, 1.54) is 4.90 Å². The number of nitrogens with two attached hydrogens (primary N) is 1. The molecular formula is C44H61BrF2N6O11. The average molecular weight is 968 g/mol. The highest BCUT2D eigenvalue weighted by Crippen LogP contribution is 2.41. The number of aromatic nitrogens is 1. The second kappa shape index (κ2) is 28.2. The second-order valence-electron chi connectivity index (χ2n) is 15.7. The number of ether oxygens (including phenoxy) is 4. The van der Waals surface area contributed by atoms with Gasteiger partial charge in [0.2, 0.25) is 23.6 Å². The van der Waals surface area contributed by atoms with Crippen LogP contribution in [0, 0.1) is 17.0 Å².